The number of nitrogens with zero attached hydrogens (tertiary/aromatic N) is 3. The van der Waals surface area contributed by atoms with Crippen LogP contribution in [0.5, 0.6) is 0 Å². The van der Waals surface area contributed by atoms with Crippen LogP contribution in [0.1, 0.15) is 22.4 Å². The summed E-state index contributed by atoms with van der Waals surface area (Å²) in [4.78, 5) is 5.64. The molecule has 0 aliphatic rings. The molecule has 0 atom stereocenters. The van der Waals surface area contributed by atoms with Crippen LogP contribution in [0.2, 0.25) is 5.15 Å². The van der Waals surface area contributed by atoms with Gasteiger partial charge in [0.2, 0.25) is 0 Å². The van der Waals surface area contributed by atoms with Crippen molar-refractivity contribution in [3.05, 3.63) is 26.8 Å². The van der Waals surface area contributed by atoms with Gasteiger partial charge in [-0.1, -0.05) is 18.5 Å². The van der Waals surface area contributed by atoms with E-state index in [1.165, 1.54) is 16.4 Å². The molecule has 0 aromatic carbocycles. The van der Waals surface area contributed by atoms with Gasteiger partial charge in [-0.25, -0.2) is 4.98 Å². The first kappa shape index (κ1) is 13.3. The van der Waals surface area contributed by atoms with Gasteiger partial charge in [-0.2, -0.15) is 9.64 Å². The number of nitrogens with one attached hydrogen (secondary N) is 1. The Morgan fingerprint density at radius 2 is 2.39 bits per heavy atom. The number of thiazole rings is 1. The molecule has 2 heterocycles. The minimum absolute atomic E-state index is 0.271. The Bertz CT molecular complexity index is 570. The van der Waals surface area contributed by atoms with Crippen molar-refractivity contribution >= 4 is 39.5 Å². The van der Waals surface area contributed by atoms with E-state index in [2.05, 4.69) is 21.6 Å². The molecule has 2 rings (SSSR count). The number of rotatable bonds is 5. The molecule has 0 spiro atoms. The van der Waals surface area contributed by atoms with Crippen LogP contribution < -0.4 is 5.32 Å². The highest BCUT2D eigenvalue weighted by Crippen LogP contribution is 2.27. The van der Waals surface area contributed by atoms with Crippen molar-refractivity contribution in [2.75, 3.05) is 11.9 Å². The van der Waals surface area contributed by atoms with Crippen LogP contribution in [-0.2, 0) is 12.8 Å². The maximum atomic E-state index is 8.92. The Labute approximate surface area is 118 Å². The summed E-state index contributed by atoms with van der Waals surface area (Å²) in [5.74, 6) is 0. The molecule has 0 bridgehead atoms. The van der Waals surface area contributed by atoms with Gasteiger partial charge in [0.1, 0.15) is 16.6 Å². The van der Waals surface area contributed by atoms with Crippen LogP contribution >= 0.6 is 34.5 Å². The number of nitriles is 1. The van der Waals surface area contributed by atoms with Gasteiger partial charge in [0.25, 0.3) is 0 Å². The molecule has 94 valence electrons. The third-order valence-corrected chi connectivity index (χ3v) is 4.72. The second kappa shape index (κ2) is 6.14. The number of halogens is 1. The first-order valence-corrected chi connectivity index (χ1v) is 7.44. The van der Waals surface area contributed by atoms with Gasteiger partial charge >= 0.3 is 0 Å². The normalized spacial score (nSPS) is 10.3. The van der Waals surface area contributed by atoms with Crippen molar-refractivity contribution in [3.63, 3.8) is 0 Å². The summed E-state index contributed by atoms with van der Waals surface area (Å²) in [5, 5.41) is 14.2. The van der Waals surface area contributed by atoms with Gasteiger partial charge in [0.15, 0.2) is 5.15 Å². The monoisotopic (exact) mass is 298 g/mol. The first-order chi connectivity index (χ1) is 8.74. The van der Waals surface area contributed by atoms with Gasteiger partial charge in [0.05, 0.1) is 5.01 Å². The predicted octanol–water partition coefficient (Wildman–Crippen LogP) is 3.34. The maximum Gasteiger partial charge on any atom is 0.162 e. The zero-order valence-corrected chi connectivity index (χ0v) is 12.1. The molecule has 0 radical (unpaired) electrons. The van der Waals surface area contributed by atoms with Gasteiger partial charge in [0, 0.05) is 24.0 Å². The van der Waals surface area contributed by atoms with Crippen molar-refractivity contribution < 1.29 is 0 Å². The summed E-state index contributed by atoms with van der Waals surface area (Å²) < 4.78 is 3.94. The molecule has 0 amide bonds. The fraction of sp³-hybridized carbons (Fsp3) is 0.364. The summed E-state index contributed by atoms with van der Waals surface area (Å²) in [6, 6.07) is 2.05. The Hall–Kier alpha value is -1.16. The molecule has 0 fully saturated rings. The molecule has 18 heavy (non-hydrogen) atoms. The molecule has 2 aromatic rings. The van der Waals surface area contributed by atoms with E-state index in [9.17, 15) is 0 Å². The van der Waals surface area contributed by atoms with E-state index in [1.54, 1.807) is 11.3 Å². The standard InChI is InChI=1S/C11H11ClN4S2/c1-2-7-6-15-9(17-7)3-4-14-11-8(5-13)10(12)16-18-11/h6,14H,2-4H2,1H3. The van der Waals surface area contributed by atoms with Crippen molar-refractivity contribution in [1.82, 2.24) is 9.36 Å². The topological polar surface area (TPSA) is 61.6 Å². The highest BCUT2D eigenvalue weighted by atomic mass is 35.5. The first-order valence-electron chi connectivity index (χ1n) is 5.47. The van der Waals surface area contributed by atoms with E-state index in [4.69, 9.17) is 16.9 Å². The third-order valence-electron chi connectivity index (χ3n) is 2.34. The van der Waals surface area contributed by atoms with Crippen LogP contribution in [0.4, 0.5) is 5.00 Å². The third kappa shape index (κ3) is 2.99. The fourth-order valence-corrected chi connectivity index (χ4v) is 3.22. The number of hydrogen-bond acceptors (Lipinski definition) is 6. The van der Waals surface area contributed by atoms with Gasteiger partial charge < -0.3 is 5.32 Å². The van der Waals surface area contributed by atoms with Crippen molar-refractivity contribution in [2.45, 2.75) is 19.8 Å². The molecule has 2 aromatic heterocycles. The Morgan fingerprint density at radius 3 is 3.06 bits per heavy atom. The Kier molecular flexibility index (Phi) is 4.53. The van der Waals surface area contributed by atoms with Gasteiger partial charge in [-0.05, 0) is 18.0 Å². The molecule has 1 N–H and O–H groups in total. The number of hydrogen-bond donors (Lipinski definition) is 1. The van der Waals surface area contributed by atoms with Crippen molar-refractivity contribution in [3.8, 4) is 6.07 Å². The van der Waals surface area contributed by atoms with Crippen LogP contribution in [0.15, 0.2) is 6.20 Å². The van der Waals surface area contributed by atoms with E-state index >= 15 is 0 Å². The summed E-state index contributed by atoms with van der Waals surface area (Å²) in [6.07, 6.45) is 3.78. The predicted molar refractivity (Wildman–Crippen MR) is 75.5 cm³/mol. The fourth-order valence-electron chi connectivity index (χ4n) is 1.40. The Morgan fingerprint density at radius 1 is 1.56 bits per heavy atom. The number of aryl methyl sites for hydroxylation is 1. The summed E-state index contributed by atoms with van der Waals surface area (Å²) in [7, 11) is 0. The zero-order valence-electron chi connectivity index (χ0n) is 9.73. The van der Waals surface area contributed by atoms with E-state index in [1.807, 2.05) is 12.3 Å². The summed E-state index contributed by atoms with van der Waals surface area (Å²) in [6.45, 7) is 2.85. The Balaban J connectivity index is 1.90. The molecule has 7 heteroatoms. The minimum atomic E-state index is 0.271. The highest BCUT2D eigenvalue weighted by molar-refractivity contribution is 7.11. The van der Waals surface area contributed by atoms with E-state index < -0.39 is 0 Å². The smallest absolute Gasteiger partial charge is 0.162 e. The quantitative estimate of drug-likeness (QED) is 0.919. The highest BCUT2D eigenvalue weighted by Gasteiger charge is 2.11. The van der Waals surface area contributed by atoms with Crippen LogP contribution in [-0.4, -0.2) is 15.9 Å². The SMILES string of the molecule is CCc1cnc(CCNc2snc(Cl)c2C#N)s1. The zero-order chi connectivity index (χ0) is 13.0. The summed E-state index contributed by atoms with van der Waals surface area (Å²) >= 11 is 8.73. The van der Waals surface area contributed by atoms with Crippen LogP contribution in [0.25, 0.3) is 0 Å². The lowest BCUT2D eigenvalue weighted by molar-refractivity contribution is 1.000. The molecule has 0 aliphatic heterocycles. The lowest BCUT2D eigenvalue weighted by Gasteiger charge is -2.01. The van der Waals surface area contributed by atoms with Crippen LogP contribution in [0, 0.1) is 11.3 Å². The van der Waals surface area contributed by atoms with Gasteiger partial charge in [-0.3, -0.25) is 0 Å². The second-order valence-corrected chi connectivity index (χ2v) is 5.87. The molecule has 0 saturated carbocycles. The largest absolute Gasteiger partial charge is 0.374 e. The average Bonchev–Trinajstić information content (AvgIpc) is 2.96. The van der Waals surface area contributed by atoms with E-state index in [0.717, 1.165) is 29.4 Å². The summed E-state index contributed by atoms with van der Waals surface area (Å²) in [5.41, 5.74) is 0.426. The number of aromatic nitrogens is 2. The second-order valence-electron chi connectivity index (χ2n) is 3.54. The lowest BCUT2D eigenvalue weighted by Crippen LogP contribution is -2.04. The maximum absolute atomic E-state index is 8.92. The van der Waals surface area contributed by atoms with Crippen molar-refractivity contribution in [1.29, 1.82) is 5.26 Å². The lowest BCUT2D eigenvalue weighted by atomic mass is 10.3. The molecule has 0 saturated heterocycles. The molecular formula is C11H11ClN4S2. The van der Waals surface area contributed by atoms with Crippen molar-refractivity contribution in [2.24, 2.45) is 0 Å². The molecular weight excluding hydrogens is 288 g/mol. The van der Waals surface area contributed by atoms with Gasteiger partial charge in [-0.15, -0.1) is 11.3 Å². The molecule has 4 nitrogen and oxygen atoms in total. The average molecular weight is 299 g/mol. The molecule has 0 unspecified atom stereocenters. The van der Waals surface area contributed by atoms with E-state index in [0.29, 0.717) is 5.56 Å². The minimum Gasteiger partial charge on any atom is -0.374 e. The van der Waals surface area contributed by atoms with E-state index in [-0.39, 0.29) is 5.15 Å². The van der Waals surface area contributed by atoms with Crippen LogP contribution in [0.3, 0.4) is 0 Å². The number of anilines is 1. The molecule has 0 aliphatic carbocycles.